The van der Waals surface area contributed by atoms with Crippen LogP contribution in [0.2, 0.25) is 0 Å². The summed E-state index contributed by atoms with van der Waals surface area (Å²) in [6.45, 7) is 0.770. The lowest BCUT2D eigenvalue weighted by atomic mass is 9.95. The van der Waals surface area contributed by atoms with E-state index in [0.29, 0.717) is 12.2 Å². The third kappa shape index (κ3) is 3.57. The van der Waals surface area contributed by atoms with E-state index in [1.54, 1.807) is 14.2 Å². The van der Waals surface area contributed by atoms with E-state index >= 15 is 0 Å². The average molecular weight is 340 g/mol. The molecule has 4 nitrogen and oxygen atoms in total. The molecule has 1 N–H and O–H groups in total. The van der Waals surface area contributed by atoms with Gasteiger partial charge in [0.05, 0.1) is 19.2 Å². The molecule has 0 fully saturated rings. The highest BCUT2D eigenvalue weighted by molar-refractivity contribution is 7.80. The summed E-state index contributed by atoms with van der Waals surface area (Å²) >= 11 is 5.51. The van der Waals surface area contributed by atoms with Crippen molar-refractivity contribution in [3.05, 3.63) is 53.6 Å². The number of hydrogen-bond acceptors (Lipinski definition) is 4. The van der Waals surface area contributed by atoms with Crippen molar-refractivity contribution < 1.29 is 9.47 Å². The van der Waals surface area contributed by atoms with Gasteiger partial charge in [-0.15, -0.1) is 0 Å². The fourth-order valence-electron chi connectivity index (χ4n) is 2.82. The molecule has 0 atom stereocenters. The second-order valence-corrected chi connectivity index (χ2v) is 6.03. The van der Waals surface area contributed by atoms with Crippen LogP contribution < -0.4 is 14.8 Å². The topological polar surface area (TPSA) is 42.9 Å². The molecular weight excluding hydrogens is 320 g/mol. The summed E-state index contributed by atoms with van der Waals surface area (Å²) < 4.78 is 10.8. The molecule has 0 aromatic heterocycles. The van der Waals surface area contributed by atoms with Gasteiger partial charge in [-0.2, -0.15) is 0 Å². The number of hydrogen-bond donors (Lipinski definition) is 1. The van der Waals surface area contributed by atoms with Crippen LogP contribution in [0.25, 0.3) is 0 Å². The summed E-state index contributed by atoms with van der Waals surface area (Å²) in [5, 5.41) is 3.27. The largest absolute Gasteiger partial charge is 0.493 e. The van der Waals surface area contributed by atoms with Crippen molar-refractivity contribution in [1.82, 2.24) is 0 Å². The van der Waals surface area contributed by atoms with E-state index in [1.807, 2.05) is 42.5 Å². The van der Waals surface area contributed by atoms with Crippen molar-refractivity contribution in [3.8, 4) is 11.5 Å². The Morgan fingerprint density at radius 3 is 2.54 bits per heavy atom. The zero-order chi connectivity index (χ0) is 16.9. The first-order chi connectivity index (χ1) is 11.7. The van der Waals surface area contributed by atoms with E-state index in [9.17, 15) is 0 Å². The monoisotopic (exact) mass is 340 g/mol. The van der Waals surface area contributed by atoms with Crippen molar-refractivity contribution in [2.24, 2.45) is 4.99 Å². The molecule has 1 heterocycles. The number of rotatable bonds is 5. The Bertz CT molecular complexity index is 772. The number of fused-ring (bicyclic) bond motifs is 1. The van der Waals surface area contributed by atoms with E-state index in [1.165, 1.54) is 5.56 Å². The molecule has 0 bridgehead atoms. The number of benzene rings is 2. The zero-order valence-corrected chi connectivity index (χ0v) is 14.7. The van der Waals surface area contributed by atoms with Gasteiger partial charge in [0.25, 0.3) is 0 Å². The molecular formula is C19H20N2O2S. The highest BCUT2D eigenvalue weighted by atomic mass is 32.1. The second kappa shape index (κ2) is 7.45. The first kappa shape index (κ1) is 16.5. The number of nitrogens with zero attached hydrogens (tertiary/aromatic N) is 1. The number of thiocarbonyl (C=S) groups is 1. The summed E-state index contributed by atoms with van der Waals surface area (Å²) in [5.74, 6) is 1.47. The molecule has 0 saturated heterocycles. The first-order valence-electron chi connectivity index (χ1n) is 7.84. The van der Waals surface area contributed by atoms with Crippen molar-refractivity contribution in [2.75, 3.05) is 26.1 Å². The molecule has 5 heteroatoms. The standard InChI is InChI=1S/C19H20N2O2S/c1-22-17-10-13-8-9-20-16(15(13)11-18(17)23-2)12-19(24)21-14-6-4-3-5-7-14/h3-7,10-11H,8-9,12H2,1-2H3,(H,21,24). The Morgan fingerprint density at radius 1 is 1.12 bits per heavy atom. The van der Waals surface area contributed by atoms with Gasteiger partial charge in [0.1, 0.15) is 0 Å². The zero-order valence-electron chi connectivity index (χ0n) is 13.8. The van der Waals surface area contributed by atoms with Gasteiger partial charge in [-0.3, -0.25) is 4.99 Å². The third-order valence-electron chi connectivity index (χ3n) is 3.99. The van der Waals surface area contributed by atoms with Gasteiger partial charge < -0.3 is 14.8 Å². The molecule has 0 spiro atoms. The van der Waals surface area contributed by atoms with E-state index in [4.69, 9.17) is 21.7 Å². The predicted octanol–water partition coefficient (Wildman–Crippen LogP) is 3.88. The fraction of sp³-hybridized carbons (Fsp3) is 0.263. The number of anilines is 1. The summed E-state index contributed by atoms with van der Waals surface area (Å²) in [4.78, 5) is 5.43. The van der Waals surface area contributed by atoms with Crippen LogP contribution in [0.3, 0.4) is 0 Å². The van der Waals surface area contributed by atoms with Gasteiger partial charge in [0.2, 0.25) is 0 Å². The fourth-order valence-corrected chi connectivity index (χ4v) is 3.08. The summed E-state index contributed by atoms with van der Waals surface area (Å²) in [7, 11) is 3.30. The van der Waals surface area contributed by atoms with Crippen molar-refractivity contribution in [3.63, 3.8) is 0 Å². The molecule has 0 aliphatic carbocycles. The summed E-state index contributed by atoms with van der Waals surface area (Å²) in [6.07, 6.45) is 1.50. The Morgan fingerprint density at radius 2 is 1.83 bits per heavy atom. The lowest BCUT2D eigenvalue weighted by Crippen LogP contribution is -2.20. The molecule has 1 aliphatic heterocycles. The van der Waals surface area contributed by atoms with E-state index in [0.717, 1.165) is 40.7 Å². The molecule has 1 aliphatic rings. The van der Waals surface area contributed by atoms with Crippen LogP contribution in [-0.2, 0) is 6.42 Å². The maximum atomic E-state index is 5.51. The van der Waals surface area contributed by atoms with Crippen molar-refractivity contribution >= 4 is 28.6 Å². The molecule has 2 aromatic carbocycles. The predicted molar refractivity (Wildman–Crippen MR) is 102 cm³/mol. The molecule has 0 radical (unpaired) electrons. The number of methoxy groups -OCH3 is 2. The summed E-state index contributed by atoms with van der Waals surface area (Å²) in [6, 6.07) is 14.0. The Kier molecular flexibility index (Phi) is 5.11. The average Bonchev–Trinajstić information content (AvgIpc) is 2.61. The van der Waals surface area contributed by atoms with Crippen molar-refractivity contribution in [1.29, 1.82) is 0 Å². The SMILES string of the molecule is COc1cc2c(cc1OC)C(CC(=S)Nc1ccccc1)=NCC2. The first-order valence-corrected chi connectivity index (χ1v) is 8.25. The van der Waals surface area contributed by atoms with Gasteiger partial charge in [-0.05, 0) is 36.2 Å². The number of nitrogens with one attached hydrogen (secondary N) is 1. The highest BCUT2D eigenvalue weighted by Gasteiger charge is 2.19. The lowest BCUT2D eigenvalue weighted by Gasteiger charge is -2.20. The van der Waals surface area contributed by atoms with Gasteiger partial charge in [0.15, 0.2) is 11.5 Å². The summed E-state index contributed by atoms with van der Waals surface area (Å²) in [5.41, 5.74) is 4.30. The molecule has 24 heavy (non-hydrogen) atoms. The number of aliphatic imine (C=N–C) groups is 1. The minimum atomic E-state index is 0.604. The quantitative estimate of drug-likeness (QED) is 0.839. The van der Waals surface area contributed by atoms with Gasteiger partial charge in [0, 0.05) is 29.9 Å². The number of para-hydroxylation sites is 1. The Balaban J connectivity index is 1.81. The van der Waals surface area contributed by atoms with E-state index in [2.05, 4.69) is 10.3 Å². The van der Waals surface area contributed by atoms with E-state index in [-0.39, 0.29) is 0 Å². The molecule has 0 saturated carbocycles. The Labute approximate surface area is 147 Å². The second-order valence-electron chi connectivity index (χ2n) is 5.53. The molecule has 0 amide bonds. The molecule has 124 valence electrons. The van der Waals surface area contributed by atoms with Crippen LogP contribution in [-0.4, -0.2) is 31.5 Å². The van der Waals surface area contributed by atoms with Crippen LogP contribution in [0.1, 0.15) is 17.5 Å². The highest BCUT2D eigenvalue weighted by Crippen LogP contribution is 2.33. The smallest absolute Gasteiger partial charge is 0.161 e. The maximum absolute atomic E-state index is 5.51. The van der Waals surface area contributed by atoms with Gasteiger partial charge in [-0.1, -0.05) is 30.4 Å². The minimum Gasteiger partial charge on any atom is -0.493 e. The minimum absolute atomic E-state index is 0.604. The van der Waals surface area contributed by atoms with Gasteiger partial charge >= 0.3 is 0 Å². The van der Waals surface area contributed by atoms with Crippen LogP contribution in [0, 0.1) is 0 Å². The molecule has 2 aromatic rings. The Hall–Kier alpha value is -2.40. The normalized spacial score (nSPS) is 12.8. The van der Waals surface area contributed by atoms with Crippen LogP contribution in [0.15, 0.2) is 47.5 Å². The molecule has 0 unspecified atom stereocenters. The van der Waals surface area contributed by atoms with E-state index < -0.39 is 0 Å². The third-order valence-corrected chi connectivity index (χ3v) is 4.24. The maximum Gasteiger partial charge on any atom is 0.161 e. The van der Waals surface area contributed by atoms with Gasteiger partial charge in [-0.25, -0.2) is 0 Å². The number of ether oxygens (including phenoxy) is 2. The van der Waals surface area contributed by atoms with Crippen LogP contribution in [0.5, 0.6) is 11.5 Å². The van der Waals surface area contributed by atoms with Crippen LogP contribution in [0.4, 0.5) is 5.69 Å². The van der Waals surface area contributed by atoms with Crippen molar-refractivity contribution in [2.45, 2.75) is 12.8 Å². The van der Waals surface area contributed by atoms with Crippen LogP contribution >= 0.6 is 12.2 Å². The molecule has 3 rings (SSSR count). The lowest BCUT2D eigenvalue weighted by molar-refractivity contribution is 0.354.